The number of rotatable bonds is 5. The molecular weight excluding hydrogens is 242 g/mol. The highest BCUT2D eigenvalue weighted by atomic mass is 16.5. The van der Waals surface area contributed by atoms with Gasteiger partial charge >= 0.3 is 0 Å². The molecule has 2 fully saturated rings. The van der Waals surface area contributed by atoms with E-state index in [0.29, 0.717) is 12.0 Å². The van der Waals surface area contributed by atoms with E-state index in [1.54, 1.807) is 0 Å². The number of carbonyl (C=O) groups excluding carboxylic acids is 1. The Labute approximate surface area is 115 Å². The van der Waals surface area contributed by atoms with Crippen LogP contribution in [0, 0.1) is 5.92 Å². The van der Waals surface area contributed by atoms with E-state index in [9.17, 15) is 4.79 Å². The summed E-state index contributed by atoms with van der Waals surface area (Å²) in [6.07, 6.45) is 10.3. The maximum Gasteiger partial charge on any atom is 0.246 e. The highest BCUT2D eigenvalue weighted by Gasteiger charge is 2.22. The van der Waals surface area contributed by atoms with Gasteiger partial charge in [-0.15, -0.1) is 0 Å². The summed E-state index contributed by atoms with van der Waals surface area (Å²) >= 11 is 0. The molecular formula is C15H27NO3. The van der Waals surface area contributed by atoms with Gasteiger partial charge in [-0.3, -0.25) is 4.79 Å². The lowest BCUT2D eigenvalue weighted by Gasteiger charge is -2.28. The first kappa shape index (κ1) is 14.8. The maximum absolute atomic E-state index is 11.8. The number of aliphatic hydroxyl groups excluding tert-OH is 1. The highest BCUT2D eigenvalue weighted by Crippen LogP contribution is 2.24. The van der Waals surface area contributed by atoms with E-state index in [4.69, 9.17) is 9.84 Å². The molecule has 2 saturated carbocycles. The first-order valence-electron chi connectivity index (χ1n) is 7.79. The standard InChI is InChI=1S/C15H27NO3/c17-10-12-6-8-13(9-7-12)16-15(18)11-19-14-4-2-1-3-5-14/h12-14,17H,1-11H2,(H,16,18). The van der Waals surface area contributed by atoms with Gasteiger partial charge in [-0.1, -0.05) is 19.3 Å². The topological polar surface area (TPSA) is 58.6 Å². The lowest BCUT2D eigenvalue weighted by Crippen LogP contribution is -2.40. The zero-order valence-corrected chi connectivity index (χ0v) is 11.8. The molecule has 0 aliphatic heterocycles. The number of nitrogens with one attached hydrogen (secondary N) is 1. The summed E-state index contributed by atoms with van der Waals surface area (Å²) < 4.78 is 5.68. The van der Waals surface area contributed by atoms with Crippen LogP contribution in [-0.2, 0) is 9.53 Å². The van der Waals surface area contributed by atoms with Crippen molar-refractivity contribution in [1.82, 2.24) is 5.32 Å². The maximum atomic E-state index is 11.8. The van der Waals surface area contributed by atoms with Crippen molar-refractivity contribution >= 4 is 5.91 Å². The molecule has 1 amide bonds. The van der Waals surface area contributed by atoms with Crippen molar-refractivity contribution in [1.29, 1.82) is 0 Å². The van der Waals surface area contributed by atoms with Crippen LogP contribution in [0.3, 0.4) is 0 Å². The average molecular weight is 269 g/mol. The number of amides is 1. The third-order valence-electron chi connectivity index (χ3n) is 4.47. The van der Waals surface area contributed by atoms with Crippen molar-refractivity contribution in [3.05, 3.63) is 0 Å². The van der Waals surface area contributed by atoms with E-state index in [1.165, 1.54) is 19.3 Å². The van der Waals surface area contributed by atoms with Crippen LogP contribution in [0.15, 0.2) is 0 Å². The van der Waals surface area contributed by atoms with Crippen LogP contribution in [-0.4, -0.2) is 36.4 Å². The molecule has 0 bridgehead atoms. The van der Waals surface area contributed by atoms with Crippen molar-refractivity contribution in [3.63, 3.8) is 0 Å². The predicted octanol–water partition coefficient (Wildman–Crippen LogP) is 2.00. The zero-order valence-electron chi connectivity index (χ0n) is 11.8. The lowest BCUT2D eigenvalue weighted by molar-refractivity contribution is -0.129. The molecule has 4 nitrogen and oxygen atoms in total. The van der Waals surface area contributed by atoms with Crippen LogP contribution >= 0.6 is 0 Å². The third-order valence-corrected chi connectivity index (χ3v) is 4.47. The summed E-state index contributed by atoms with van der Waals surface area (Å²) in [5.41, 5.74) is 0. The number of carbonyl (C=O) groups is 1. The minimum atomic E-state index is 0.0259. The Kier molecular flexibility index (Phi) is 6.11. The molecule has 0 aromatic carbocycles. The largest absolute Gasteiger partial charge is 0.396 e. The monoisotopic (exact) mass is 269 g/mol. The molecule has 2 N–H and O–H groups in total. The van der Waals surface area contributed by atoms with Gasteiger partial charge in [0, 0.05) is 12.6 Å². The summed E-state index contributed by atoms with van der Waals surface area (Å²) in [4.78, 5) is 11.8. The van der Waals surface area contributed by atoms with Crippen molar-refractivity contribution in [2.45, 2.75) is 69.9 Å². The number of aliphatic hydroxyl groups is 1. The van der Waals surface area contributed by atoms with E-state index >= 15 is 0 Å². The van der Waals surface area contributed by atoms with E-state index in [-0.39, 0.29) is 25.2 Å². The Morgan fingerprint density at radius 2 is 1.74 bits per heavy atom. The second-order valence-corrected chi connectivity index (χ2v) is 6.04. The normalized spacial score (nSPS) is 29.1. The molecule has 19 heavy (non-hydrogen) atoms. The highest BCUT2D eigenvalue weighted by molar-refractivity contribution is 5.77. The van der Waals surface area contributed by atoms with E-state index in [0.717, 1.165) is 38.5 Å². The third kappa shape index (κ3) is 5.11. The van der Waals surface area contributed by atoms with Gasteiger partial charge in [-0.25, -0.2) is 0 Å². The van der Waals surface area contributed by atoms with Crippen LogP contribution in [0.25, 0.3) is 0 Å². The second kappa shape index (κ2) is 7.85. The van der Waals surface area contributed by atoms with Gasteiger partial charge in [0.2, 0.25) is 5.91 Å². The van der Waals surface area contributed by atoms with Crippen LogP contribution in [0.4, 0.5) is 0 Å². The molecule has 0 aromatic heterocycles. The SMILES string of the molecule is O=C(COC1CCCCC1)NC1CCC(CO)CC1. The first-order chi connectivity index (χ1) is 9.28. The summed E-state index contributed by atoms with van der Waals surface area (Å²) in [5, 5.41) is 12.1. The van der Waals surface area contributed by atoms with Crippen molar-refractivity contribution < 1.29 is 14.6 Å². The molecule has 0 atom stereocenters. The fourth-order valence-corrected chi connectivity index (χ4v) is 3.18. The van der Waals surface area contributed by atoms with Crippen molar-refractivity contribution in [2.24, 2.45) is 5.92 Å². The molecule has 2 aliphatic carbocycles. The van der Waals surface area contributed by atoms with E-state index in [2.05, 4.69) is 5.32 Å². The van der Waals surface area contributed by atoms with E-state index < -0.39 is 0 Å². The number of hydrogen-bond acceptors (Lipinski definition) is 3. The van der Waals surface area contributed by atoms with Crippen LogP contribution in [0.1, 0.15) is 57.8 Å². The number of hydrogen-bond donors (Lipinski definition) is 2. The van der Waals surface area contributed by atoms with Gasteiger partial charge in [0.25, 0.3) is 0 Å². The lowest BCUT2D eigenvalue weighted by atomic mass is 9.86. The number of ether oxygens (including phenoxy) is 1. The van der Waals surface area contributed by atoms with Gasteiger partial charge in [0.1, 0.15) is 6.61 Å². The molecule has 0 radical (unpaired) electrons. The minimum absolute atomic E-state index is 0.0259. The summed E-state index contributed by atoms with van der Waals surface area (Å²) in [7, 11) is 0. The Morgan fingerprint density at radius 1 is 1.05 bits per heavy atom. The Bertz CT molecular complexity index is 269. The minimum Gasteiger partial charge on any atom is -0.396 e. The Balaban J connectivity index is 1.59. The van der Waals surface area contributed by atoms with Gasteiger partial charge in [-0.2, -0.15) is 0 Å². The fourth-order valence-electron chi connectivity index (χ4n) is 3.18. The second-order valence-electron chi connectivity index (χ2n) is 6.04. The molecule has 2 rings (SSSR count). The van der Waals surface area contributed by atoms with Crippen LogP contribution < -0.4 is 5.32 Å². The van der Waals surface area contributed by atoms with Crippen LogP contribution in [0.2, 0.25) is 0 Å². The smallest absolute Gasteiger partial charge is 0.246 e. The van der Waals surface area contributed by atoms with Gasteiger partial charge in [-0.05, 0) is 44.4 Å². The molecule has 0 saturated heterocycles. The quantitative estimate of drug-likeness (QED) is 0.802. The van der Waals surface area contributed by atoms with E-state index in [1.807, 2.05) is 0 Å². The molecule has 110 valence electrons. The van der Waals surface area contributed by atoms with Crippen LogP contribution in [0.5, 0.6) is 0 Å². The Morgan fingerprint density at radius 3 is 2.37 bits per heavy atom. The van der Waals surface area contributed by atoms with Gasteiger partial charge in [0.15, 0.2) is 0 Å². The molecule has 0 heterocycles. The zero-order chi connectivity index (χ0) is 13.5. The van der Waals surface area contributed by atoms with Crippen molar-refractivity contribution in [2.75, 3.05) is 13.2 Å². The van der Waals surface area contributed by atoms with Gasteiger partial charge < -0.3 is 15.2 Å². The predicted molar refractivity (Wildman–Crippen MR) is 73.8 cm³/mol. The molecule has 4 heteroatoms. The first-order valence-corrected chi connectivity index (χ1v) is 7.79. The summed E-state index contributed by atoms with van der Waals surface area (Å²) in [5.74, 6) is 0.463. The van der Waals surface area contributed by atoms with Crippen molar-refractivity contribution in [3.8, 4) is 0 Å². The van der Waals surface area contributed by atoms with Gasteiger partial charge in [0.05, 0.1) is 6.10 Å². The molecule has 2 aliphatic rings. The fraction of sp³-hybridized carbons (Fsp3) is 0.933. The molecule has 0 unspecified atom stereocenters. The summed E-state index contributed by atoms with van der Waals surface area (Å²) in [6.45, 7) is 0.496. The molecule has 0 spiro atoms. The Hall–Kier alpha value is -0.610. The average Bonchev–Trinajstić information content (AvgIpc) is 2.47. The summed E-state index contributed by atoms with van der Waals surface area (Å²) in [6, 6.07) is 0.283. The molecule has 0 aromatic rings.